The molecular weight excluding hydrogens is 202 g/mol. The van der Waals surface area contributed by atoms with E-state index in [9.17, 15) is 0 Å². The zero-order chi connectivity index (χ0) is 11.2. The number of aromatic nitrogens is 2. The fourth-order valence-corrected chi connectivity index (χ4v) is 1.84. The highest BCUT2D eigenvalue weighted by Gasteiger charge is 2.15. The monoisotopic (exact) mass is 221 g/mol. The lowest BCUT2D eigenvalue weighted by atomic mass is 10.2. The minimum atomic E-state index is 0.130. The van der Waals surface area contributed by atoms with E-state index in [1.165, 1.54) is 12.8 Å². The largest absolute Gasteiger partial charge is 0.357 e. The lowest BCUT2D eigenvalue weighted by Gasteiger charge is -2.22. The molecule has 0 radical (unpaired) electrons. The van der Waals surface area contributed by atoms with Gasteiger partial charge in [0, 0.05) is 18.4 Å². The number of ether oxygens (including phenoxy) is 1. The smallest absolute Gasteiger partial charge is 0.150 e. The van der Waals surface area contributed by atoms with Gasteiger partial charge < -0.3 is 10.5 Å². The highest BCUT2D eigenvalue weighted by Crippen LogP contribution is 2.21. The second-order valence-electron chi connectivity index (χ2n) is 4.05. The average molecular weight is 221 g/mol. The minimum Gasteiger partial charge on any atom is -0.357 e. The Labute approximate surface area is 96.1 Å². The van der Waals surface area contributed by atoms with Gasteiger partial charge in [-0.25, -0.2) is 4.68 Å². The van der Waals surface area contributed by atoms with Crippen molar-refractivity contribution in [1.29, 1.82) is 0 Å². The van der Waals surface area contributed by atoms with Crippen LogP contribution in [0.3, 0.4) is 0 Å². The maximum absolute atomic E-state index is 5.66. The molecule has 16 heavy (non-hydrogen) atoms. The number of nitrogens with two attached hydrogens (primary N) is 1. The molecule has 2 N–H and O–H groups in total. The molecule has 0 spiro atoms. The summed E-state index contributed by atoms with van der Waals surface area (Å²) >= 11 is 0. The van der Waals surface area contributed by atoms with Gasteiger partial charge in [-0.05, 0) is 32.2 Å². The third-order valence-corrected chi connectivity index (χ3v) is 2.72. The minimum absolute atomic E-state index is 0.130. The van der Waals surface area contributed by atoms with Crippen LogP contribution in [0, 0.1) is 0 Å². The summed E-state index contributed by atoms with van der Waals surface area (Å²) in [5.74, 6) is 0. The van der Waals surface area contributed by atoms with Crippen LogP contribution in [0.1, 0.15) is 37.5 Å². The first kappa shape index (κ1) is 11.4. The van der Waals surface area contributed by atoms with Gasteiger partial charge in [0.1, 0.15) is 6.23 Å². The fourth-order valence-electron chi connectivity index (χ4n) is 1.84. The van der Waals surface area contributed by atoms with E-state index in [1.54, 1.807) is 0 Å². The van der Waals surface area contributed by atoms with Gasteiger partial charge in [0.25, 0.3) is 0 Å². The SMILES string of the molecule is NCCC=Cc1cnn([C@@H]2CCCCO2)c1. The third kappa shape index (κ3) is 2.93. The van der Waals surface area contributed by atoms with Crippen LogP contribution in [0.15, 0.2) is 18.5 Å². The predicted molar refractivity (Wildman–Crippen MR) is 63.8 cm³/mol. The normalized spacial score (nSPS) is 21.7. The number of hydrogen-bond donors (Lipinski definition) is 1. The molecule has 2 heterocycles. The molecule has 1 fully saturated rings. The maximum Gasteiger partial charge on any atom is 0.150 e. The molecule has 1 saturated heterocycles. The topological polar surface area (TPSA) is 53.1 Å². The van der Waals surface area contributed by atoms with E-state index in [1.807, 2.05) is 17.1 Å². The molecule has 1 aliphatic rings. The number of nitrogens with zero attached hydrogens (tertiary/aromatic N) is 2. The van der Waals surface area contributed by atoms with Crippen LogP contribution in [0.25, 0.3) is 6.08 Å². The second-order valence-corrected chi connectivity index (χ2v) is 4.05. The Bertz CT molecular complexity index is 340. The molecule has 2 rings (SSSR count). The maximum atomic E-state index is 5.66. The lowest BCUT2D eigenvalue weighted by molar-refractivity contribution is -0.0394. The standard InChI is InChI=1S/C12H19N3O/c13-7-3-1-5-11-9-14-15(10-11)12-6-2-4-8-16-12/h1,5,9-10,12H,2-4,6-8,13H2/t12-/m0/s1. The Morgan fingerprint density at radius 2 is 2.50 bits per heavy atom. The van der Waals surface area contributed by atoms with Crippen molar-refractivity contribution in [2.45, 2.75) is 31.9 Å². The predicted octanol–water partition coefficient (Wildman–Crippen LogP) is 1.94. The van der Waals surface area contributed by atoms with Gasteiger partial charge in [-0.2, -0.15) is 5.10 Å². The van der Waals surface area contributed by atoms with E-state index in [2.05, 4.69) is 17.3 Å². The molecule has 88 valence electrons. The highest BCUT2D eigenvalue weighted by molar-refractivity contribution is 5.46. The molecule has 4 heteroatoms. The molecule has 0 aromatic carbocycles. The van der Waals surface area contributed by atoms with Gasteiger partial charge in [-0.15, -0.1) is 0 Å². The molecule has 0 unspecified atom stereocenters. The van der Waals surface area contributed by atoms with Crippen molar-refractivity contribution in [2.75, 3.05) is 13.2 Å². The summed E-state index contributed by atoms with van der Waals surface area (Å²) in [7, 11) is 0. The molecule has 1 aliphatic heterocycles. The summed E-state index contributed by atoms with van der Waals surface area (Å²) in [5, 5.41) is 4.33. The van der Waals surface area contributed by atoms with E-state index in [-0.39, 0.29) is 6.23 Å². The first-order chi connectivity index (χ1) is 7.90. The van der Waals surface area contributed by atoms with Gasteiger partial charge in [0.15, 0.2) is 0 Å². The summed E-state index contributed by atoms with van der Waals surface area (Å²) in [4.78, 5) is 0. The summed E-state index contributed by atoms with van der Waals surface area (Å²) in [5.41, 5.74) is 6.54. The molecule has 1 aromatic rings. The molecular formula is C12H19N3O. The Morgan fingerprint density at radius 1 is 1.56 bits per heavy atom. The van der Waals surface area contributed by atoms with Gasteiger partial charge in [0.05, 0.1) is 6.20 Å². The Kier molecular flexibility index (Phi) is 4.13. The first-order valence-corrected chi connectivity index (χ1v) is 5.92. The zero-order valence-electron chi connectivity index (χ0n) is 9.51. The van der Waals surface area contributed by atoms with E-state index < -0.39 is 0 Å². The zero-order valence-corrected chi connectivity index (χ0v) is 9.51. The van der Waals surface area contributed by atoms with Crippen molar-refractivity contribution in [2.24, 2.45) is 5.73 Å². The van der Waals surface area contributed by atoms with E-state index in [4.69, 9.17) is 10.5 Å². The molecule has 1 atom stereocenters. The van der Waals surface area contributed by atoms with E-state index in [0.29, 0.717) is 6.54 Å². The lowest BCUT2D eigenvalue weighted by Crippen LogP contribution is -2.18. The molecule has 0 aliphatic carbocycles. The highest BCUT2D eigenvalue weighted by atomic mass is 16.5. The Morgan fingerprint density at radius 3 is 3.25 bits per heavy atom. The van der Waals surface area contributed by atoms with Crippen LogP contribution < -0.4 is 5.73 Å². The summed E-state index contributed by atoms with van der Waals surface area (Å²) in [6.07, 6.45) is 12.5. The molecule has 0 bridgehead atoms. The first-order valence-electron chi connectivity index (χ1n) is 5.92. The van der Waals surface area contributed by atoms with Crippen LogP contribution in [-0.2, 0) is 4.74 Å². The third-order valence-electron chi connectivity index (χ3n) is 2.72. The van der Waals surface area contributed by atoms with Crippen molar-refractivity contribution >= 4 is 6.08 Å². The number of rotatable bonds is 4. The summed E-state index contributed by atoms with van der Waals surface area (Å²) < 4.78 is 7.58. The van der Waals surface area contributed by atoms with Gasteiger partial charge >= 0.3 is 0 Å². The fraction of sp³-hybridized carbons (Fsp3) is 0.583. The van der Waals surface area contributed by atoms with Crippen molar-refractivity contribution < 1.29 is 4.74 Å². The van der Waals surface area contributed by atoms with Crippen LogP contribution in [0.2, 0.25) is 0 Å². The van der Waals surface area contributed by atoms with Crippen LogP contribution in [0.5, 0.6) is 0 Å². The van der Waals surface area contributed by atoms with Crippen molar-refractivity contribution in [3.8, 4) is 0 Å². The van der Waals surface area contributed by atoms with Gasteiger partial charge in [-0.1, -0.05) is 12.2 Å². The van der Waals surface area contributed by atoms with E-state index >= 15 is 0 Å². The molecule has 4 nitrogen and oxygen atoms in total. The average Bonchev–Trinajstić information content (AvgIpc) is 2.79. The van der Waals surface area contributed by atoms with Crippen molar-refractivity contribution in [1.82, 2.24) is 9.78 Å². The van der Waals surface area contributed by atoms with Gasteiger partial charge in [-0.3, -0.25) is 0 Å². The summed E-state index contributed by atoms with van der Waals surface area (Å²) in [6, 6.07) is 0. The second kappa shape index (κ2) is 5.82. The van der Waals surface area contributed by atoms with Crippen molar-refractivity contribution in [3.63, 3.8) is 0 Å². The molecule has 1 aromatic heterocycles. The number of hydrogen-bond acceptors (Lipinski definition) is 3. The molecule has 0 saturated carbocycles. The van der Waals surface area contributed by atoms with Crippen molar-refractivity contribution in [3.05, 3.63) is 24.0 Å². The van der Waals surface area contributed by atoms with Crippen LogP contribution >= 0.6 is 0 Å². The Hall–Kier alpha value is -1.13. The van der Waals surface area contributed by atoms with E-state index in [0.717, 1.165) is 25.0 Å². The van der Waals surface area contributed by atoms with Crippen LogP contribution in [0.4, 0.5) is 0 Å². The molecule has 0 amide bonds. The quantitative estimate of drug-likeness (QED) is 0.845. The Balaban J connectivity index is 1.95. The summed E-state index contributed by atoms with van der Waals surface area (Å²) in [6.45, 7) is 1.54. The van der Waals surface area contributed by atoms with Crippen LogP contribution in [-0.4, -0.2) is 22.9 Å². The van der Waals surface area contributed by atoms with Gasteiger partial charge in [0.2, 0.25) is 0 Å².